The van der Waals surface area contributed by atoms with Crippen molar-refractivity contribution in [1.29, 1.82) is 5.26 Å². The molecule has 10 heavy (non-hydrogen) atoms. The van der Waals surface area contributed by atoms with Crippen LogP contribution >= 0.6 is 0 Å². The van der Waals surface area contributed by atoms with E-state index in [1.165, 1.54) is 0 Å². The number of nitrogens with two attached hydrogens (primary N) is 1. The van der Waals surface area contributed by atoms with Gasteiger partial charge in [-0.15, -0.1) is 0 Å². The second-order valence-electron chi connectivity index (χ2n) is 2.28. The zero-order valence-corrected chi connectivity index (χ0v) is 5.14. The van der Waals surface area contributed by atoms with Crippen LogP contribution in [0.4, 0.5) is 8.78 Å². The zero-order valence-electron chi connectivity index (χ0n) is 5.14. The Bertz CT molecular complexity index is 216. The van der Waals surface area contributed by atoms with Gasteiger partial charge in [0.05, 0.1) is 12.0 Å². The Morgan fingerprint density at radius 2 is 2.20 bits per heavy atom. The molecule has 0 heterocycles. The molecule has 0 saturated heterocycles. The molecule has 0 radical (unpaired) electrons. The lowest BCUT2D eigenvalue weighted by atomic mass is 10.2. The molecule has 0 aromatic carbocycles. The van der Waals surface area contributed by atoms with Crippen LogP contribution in [-0.4, -0.2) is 12.0 Å². The molecule has 54 valence electrons. The highest BCUT2D eigenvalue weighted by Crippen LogP contribution is 2.54. The van der Waals surface area contributed by atoms with E-state index < -0.39 is 17.9 Å². The van der Waals surface area contributed by atoms with Gasteiger partial charge in [-0.3, -0.25) is 0 Å². The summed E-state index contributed by atoms with van der Waals surface area (Å²) in [5, 5.41) is 8.15. The first-order valence-electron chi connectivity index (χ1n) is 2.74. The summed E-state index contributed by atoms with van der Waals surface area (Å²) in [6.45, 7) is 3.09. The number of rotatable bonds is 1. The molecule has 2 N–H and O–H groups in total. The van der Waals surface area contributed by atoms with Gasteiger partial charge in [0.2, 0.25) is 0 Å². The fraction of sp³-hybridized carbons (Fsp3) is 0.500. The van der Waals surface area contributed by atoms with E-state index in [4.69, 9.17) is 11.0 Å². The molecule has 4 heteroatoms. The molecule has 1 fully saturated rings. The molecule has 0 bridgehead atoms. The van der Waals surface area contributed by atoms with E-state index in [0.717, 1.165) is 0 Å². The molecule has 0 aromatic heterocycles. The minimum atomic E-state index is -2.89. The molecule has 0 unspecified atom stereocenters. The third-order valence-corrected chi connectivity index (χ3v) is 1.62. The van der Waals surface area contributed by atoms with E-state index in [-0.39, 0.29) is 5.57 Å². The number of nitrogens with zero attached hydrogens (tertiary/aromatic N) is 1. The van der Waals surface area contributed by atoms with Gasteiger partial charge in [-0.2, -0.15) is 5.26 Å². The van der Waals surface area contributed by atoms with E-state index >= 15 is 0 Å². The zero-order chi connectivity index (χ0) is 7.94. The van der Waals surface area contributed by atoms with Crippen LogP contribution < -0.4 is 5.73 Å². The van der Waals surface area contributed by atoms with Crippen molar-refractivity contribution >= 4 is 0 Å². The number of hydrogen-bond donors (Lipinski definition) is 1. The quantitative estimate of drug-likeness (QED) is 0.549. The Labute approximate surface area is 56.9 Å². The number of nitriles is 1. The van der Waals surface area contributed by atoms with Gasteiger partial charge in [-0.05, 0) is 0 Å². The van der Waals surface area contributed by atoms with Gasteiger partial charge in [0.15, 0.2) is 0 Å². The number of alkyl halides is 2. The van der Waals surface area contributed by atoms with Crippen LogP contribution in [0.1, 0.15) is 0 Å². The van der Waals surface area contributed by atoms with Crippen molar-refractivity contribution in [1.82, 2.24) is 0 Å². The first kappa shape index (κ1) is 7.16. The lowest BCUT2D eigenvalue weighted by Crippen LogP contribution is -2.23. The Balaban J connectivity index is 2.68. The topological polar surface area (TPSA) is 49.8 Å². The second kappa shape index (κ2) is 1.77. The van der Waals surface area contributed by atoms with Crippen LogP contribution in [0, 0.1) is 17.2 Å². The van der Waals surface area contributed by atoms with E-state index in [1.54, 1.807) is 6.07 Å². The molecule has 1 aliphatic rings. The molecular weight excluding hydrogens is 138 g/mol. The van der Waals surface area contributed by atoms with E-state index in [9.17, 15) is 8.78 Å². The van der Waals surface area contributed by atoms with Gasteiger partial charge >= 0.3 is 0 Å². The first-order chi connectivity index (χ1) is 4.51. The molecule has 0 spiro atoms. The Hall–Kier alpha value is -0.950. The average molecular weight is 144 g/mol. The second-order valence-corrected chi connectivity index (χ2v) is 2.28. The highest BCUT2D eigenvalue weighted by molar-refractivity contribution is 5.38. The molecular formula is C6H6F2N2. The maximum atomic E-state index is 12.3. The van der Waals surface area contributed by atoms with Crippen LogP contribution in [0.5, 0.6) is 0 Å². The van der Waals surface area contributed by atoms with E-state index in [0.29, 0.717) is 0 Å². The van der Waals surface area contributed by atoms with Crippen molar-refractivity contribution in [2.24, 2.45) is 11.7 Å². The van der Waals surface area contributed by atoms with Crippen molar-refractivity contribution < 1.29 is 8.78 Å². The predicted octanol–water partition coefficient (Wildman–Crippen LogP) is 0.659. The largest absolute Gasteiger partial charge is 0.315 e. The molecule has 1 aliphatic carbocycles. The average Bonchev–Trinajstić information content (AvgIpc) is 2.33. The van der Waals surface area contributed by atoms with Gasteiger partial charge in [-0.1, -0.05) is 6.58 Å². The molecule has 0 amide bonds. The maximum Gasteiger partial charge on any atom is 0.278 e. The molecule has 0 aliphatic heterocycles. The number of halogens is 2. The summed E-state index contributed by atoms with van der Waals surface area (Å²) < 4.78 is 24.6. The van der Waals surface area contributed by atoms with Crippen LogP contribution in [0.25, 0.3) is 0 Å². The minimum Gasteiger partial charge on any atom is -0.315 e. The summed E-state index contributed by atoms with van der Waals surface area (Å²) in [7, 11) is 0. The van der Waals surface area contributed by atoms with Crippen molar-refractivity contribution in [3.63, 3.8) is 0 Å². The third kappa shape index (κ3) is 0.711. The molecule has 2 atom stereocenters. The van der Waals surface area contributed by atoms with Gasteiger partial charge < -0.3 is 5.73 Å². The van der Waals surface area contributed by atoms with Crippen LogP contribution in [-0.2, 0) is 0 Å². The smallest absolute Gasteiger partial charge is 0.278 e. The number of hydrogen-bond acceptors (Lipinski definition) is 2. The van der Waals surface area contributed by atoms with Crippen molar-refractivity contribution in [3.8, 4) is 6.07 Å². The SMILES string of the molecule is C=C1[C@@H]([C@H](N)C#N)C1(F)F. The molecule has 1 rings (SSSR count). The lowest BCUT2D eigenvalue weighted by molar-refractivity contribution is 0.107. The fourth-order valence-electron chi connectivity index (χ4n) is 0.870. The van der Waals surface area contributed by atoms with Crippen molar-refractivity contribution in [3.05, 3.63) is 12.2 Å². The summed E-state index contributed by atoms with van der Waals surface area (Å²) in [5.41, 5.74) is 4.82. The standard InChI is InChI=1S/C6H6F2N2/c1-3-5(4(10)2-9)6(3,7)8/h4-5H,1,10H2/t4-,5+/m1/s1. The van der Waals surface area contributed by atoms with Gasteiger partial charge in [0, 0.05) is 5.57 Å². The molecule has 1 saturated carbocycles. The van der Waals surface area contributed by atoms with Crippen LogP contribution in [0.15, 0.2) is 12.2 Å². The minimum absolute atomic E-state index is 0.221. The normalized spacial score (nSPS) is 31.0. The Morgan fingerprint density at radius 1 is 1.80 bits per heavy atom. The van der Waals surface area contributed by atoms with Crippen molar-refractivity contribution in [2.45, 2.75) is 12.0 Å². The summed E-state index contributed by atoms with van der Waals surface area (Å²) in [6, 6.07) is 0.441. The third-order valence-electron chi connectivity index (χ3n) is 1.62. The lowest BCUT2D eigenvalue weighted by Gasteiger charge is -1.95. The highest BCUT2D eigenvalue weighted by Gasteiger charge is 2.64. The summed E-state index contributed by atoms with van der Waals surface area (Å²) in [5.74, 6) is -4.01. The molecule has 0 aromatic rings. The summed E-state index contributed by atoms with van der Waals surface area (Å²) >= 11 is 0. The Morgan fingerprint density at radius 3 is 2.30 bits per heavy atom. The monoisotopic (exact) mass is 144 g/mol. The summed E-state index contributed by atoms with van der Waals surface area (Å²) in [6.07, 6.45) is 0. The maximum absolute atomic E-state index is 12.3. The predicted molar refractivity (Wildman–Crippen MR) is 31.2 cm³/mol. The van der Waals surface area contributed by atoms with Gasteiger partial charge in [-0.25, -0.2) is 8.78 Å². The fourth-order valence-corrected chi connectivity index (χ4v) is 0.870. The summed E-state index contributed by atoms with van der Waals surface area (Å²) in [4.78, 5) is 0. The van der Waals surface area contributed by atoms with Gasteiger partial charge in [0.25, 0.3) is 5.92 Å². The highest BCUT2D eigenvalue weighted by atomic mass is 19.3. The first-order valence-corrected chi connectivity index (χ1v) is 2.74. The Kier molecular flexibility index (Phi) is 1.26. The van der Waals surface area contributed by atoms with Crippen LogP contribution in [0.3, 0.4) is 0 Å². The van der Waals surface area contributed by atoms with Gasteiger partial charge in [0.1, 0.15) is 6.04 Å². The molecule has 2 nitrogen and oxygen atoms in total. The van der Waals surface area contributed by atoms with E-state index in [1.807, 2.05) is 0 Å². The van der Waals surface area contributed by atoms with Crippen LogP contribution in [0.2, 0.25) is 0 Å². The van der Waals surface area contributed by atoms with Crippen molar-refractivity contribution in [2.75, 3.05) is 0 Å². The van der Waals surface area contributed by atoms with E-state index in [2.05, 4.69) is 6.58 Å².